The summed E-state index contributed by atoms with van der Waals surface area (Å²) >= 11 is 0. The minimum atomic E-state index is -3.66. The first-order valence-electron chi connectivity index (χ1n) is 7.00. The van der Waals surface area contributed by atoms with E-state index in [4.69, 9.17) is 0 Å². The van der Waals surface area contributed by atoms with Gasteiger partial charge in [-0.25, -0.2) is 8.42 Å². The molecule has 1 atom stereocenters. The molecule has 0 spiro atoms. The normalized spacial score (nSPS) is 20.2. The van der Waals surface area contributed by atoms with Crippen molar-refractivity contribution in [3.63, 3.8) is 0 Å². The first-order valence-corrected chi connectivity index (χ1v) is 8.44. The molecule has 1 heterocycles. The Morgan fingerprint density at radius 2 is 1.81 bits per heavy atom. The third-order valence-corrected chi connectivity index (χ3v) is 6.39. The van der Waals surface area contributed by atoms with Gasteiger partial charge in [-0.1, -0.05) is 6.07 Å². The summed E-state index contributed by atoms with van der Waals surface area (Å²) in [6.45, 7) is 8.77. The molecule has 0 aromatic heterocycles. The second-order valence-corrected chi connectivity index (χ2v) is 7.38. The zero-order valence-corrected chi connectivity index (χ0v) is 13.7. The average molecular weight is 307 g/mol. The monoisotopic (exact) mass is 307 g/mol. The number of nitrogens with one attached hydrogen (secondary N) is 1. The van der Waals surface area contributed by atoms with Crippen LogP contribution in [0.25, 0.3) is 0 Å². The van der Waals surface area contributed by atoms with Gasteiger partial charge in [-0.3, -0.25) is 0 Å². The van der Waals surface area contributed by atoms with Crippen LogP contribution >= 0.6 is 0 Å². The molecular formula is C15H21N3O2S. The van der Waals surface area contributed by atoms with Crippen LogP contribution in [0.4, 0.5) is 0 Å². The van der Waals surface area contributed by atoms with Crippen LogP contribution in [0.15, 0.2) is 11.0 Å². The van der Waals surface area contributed by atoms with Crippen LogP contribution in [0.1, 0.15) is 22.3 Å². The van der Waals surface area contributed by atoms with E-state index in [0.717, 1.165) is 22.3 Å². The molecule has 1 N–H and O–H groups in total. The number of benzene rings is 1. The molecule has 114 valence electrons. The Balaban J connectivity index is 2.62. The maximum absolute atomic E-state index is 13.0. The zero-order valence-electron chi connectivity index (χ0n) is 12.9. The number of nitriles is 1. The van der Waals surface area contributed by atoms with Crippen molar-refractivity contribution >= 4 is 10.0 Å². The van der Waals surface area contributed by atoms with E-state index >= 15 is 0 Å². The minimum absolute atomic E-state index is 0.326. The maximum atomic E-state index is 13.0. The highest BCUT2D eigenvalue weighted by Gasteiger charge is 2.35. The lowest BCUT2D eigenvalue weighted by Crippen LogP contribution is -2.53. The van der Waals surface area contributed by atoms with Gasteiger partial charge in [-0.05, 0) is 49.9 Å². The molecule has 5 nitrogen and oxygen atoms in total. The number of sulfonamides is 1. The number of hydrogen-bond donors (Lipinski definition) is 1. The Morgan fingerprint density at radius 1 is 1.24 bits per heavy atom. The Labute approximate surface area is 126 Å². The van der Waals surface area contributed by atoms with Gasteiger partial charge in [0.15, 0.2) is 0 Å². The largest absolute Gasteiger partial charge is 0.313 e. The SMILES string of the molecule is Cc1cc(C)c(C)c(S(=O)(=O)N2CCNCC2C#N)c1C. The van der Waals surface area contributed by atoms with Gasteiger partial charge < -0.3 is 5.32 Å². The van der Waals surface area contributed by atoms with E-state index in [0.29, 0.717) is 24.5 Å². The fourth-order valence-electron chi connectivity index (χ4n) is 2.77. The average Bonchev–Trinajstić information content (AvgIpc) is 2.45. The molecule has 0 aliphatic carbocycles. The van der Waals surface area contributed by atoms with Gasteiger partial charge >= 0.3 is 0 Å². The Kier molecular flexibility index (Phi) is 4.38. The molecule has 0 amide bonds. The van der Waals surface area contributed by atoms with Crippen LogP contribution in [0.5, 0.6) is 0 Å². The van der Waals surface area contributed by atoms with Gasteiger partial charge in [0.2, 0.25) is 10.0 Å². The molecule has 1 aliphatic heterocycles. The predicted octanol–water partition coefficient (Wildman–Crippen LogP) is 1.41. The van der Waals surface area contributed by atoms with Crippen molar-refractivity contribution in [3.05, 3.63) is 28.3 Å². The third kappa shape index (κ3) is 2.69. The van der Waals surface area contributed by atoms with E-state index in [1.165, 1.54) is 4.31 Å². The Hall–Kier alpha value is -1.42. The molecule has 0 saturated carbocycles. The lowest BCUT2D eigenvalue weighted by molar-refractivity contribution is 0.311. The number of aryl methyl sites for hydroxylation is 2. The summed E-state index contributed by atoms with van der Waals surface area (Å²) < 4.78 is 27.4. The van der Waals surface area contributed by atoms with Gasteiger partial charge in [0.05, 0.1) is 11.0 Å². The Morgan fingerprint density at radius 3 is 2.33 bits per heavy atom. The zero-order chi connectivity index (χ0) is 15.8. The van der Waals surface area contributed by atoms with Crippen LogP contribution < -0.4 is 5.32 Å². The second kappa shape index (κ2) is 5.76. The van der Waals surface area contributed by atoms with Crippen molar-refractivity contribution in [1.29, 1.82) is 5.26 Å². The standard InChI is InChI=1S/C15H21N3O2S/c1-10-7-11(2)13(4)15(12(10)3)21(19,20)18-6-5-17-9-14(18)8-16/h7,14,17H,5-6,9H2,1-4H3. The first-order chi connectivity index (χ1) is 9.80. The van der Waals surface area contributed by atoms with Gasteiger partial charge in [0, 0.05) is 19.6 Å². The summed E-state index contributed by atoms with van der Waals surface area (Å²) in [4.78, 5) is 0.363. The van der Waals surface area contributed by atoms with E-state index in [1.807, 2.05) is 33.8 Å². The van der Waals surface area contributed by atoms with Crippen LogP contribution in [0, 0.1) is 39.0 Å². The summed E-state index contributed by atoms with van der Waals surface area (Å²) in [5.74, 6) is 0. The second-order valence-electron chi connectivity index (χ2n) is 5.55. The minimum Gasteiger partial charge on any atom is -0.313 e. The van der Waals surface area contributed by atoms with Gasteiger partial charge in [-0.2, -0.15) is 9.57 Å². The molecule has 0 radical (unpaired) electrons. The topological polar surface area (TPSA) is 73.2 Å². The van der Waals surface area contributed by atoms with Crippen LogP contribution in [-0.2, 0) is 10.0 Å². The van der Waals surface area contributed by atoms with Crippen molar-refractivity contribution in [2.75, 3.05) is 19.6 Å². The fourth-order valence-corrected chi connectivity index (χ4v) is 4.89. The first kappa shape index (κ1) is 16.0. The Bertz CT molecular complexity index is 678. The maximum Gasteiger partial charge on any atom is 0.244 e. The van der Waals surface area contributed by atoms with Crippen molar-refractivity contribution in [2.24, 2.45) is 0 Å². The highest BCUT2D eigenvalue weighted by atomic mass is 32.2. The summed E-state index contributed by atoms with van der Waals surface area (Å²) in [5.41, 5.74) is 3.46. The summed E-state index contributed by atoms with van der Waals surface area (Å²) in [7, 11) is -3.66. The van der Waals surface area contributed by atoms with Crippen LogP contribution in [0.3, 0.4) is 0 Å². The molecule has 1 fully saturated rings. The highest BCUT2D eigenvalue weighted by Crippen LogP contribution is 2.29. The highest BCUT2D eigenvalue weighted by molar-refractivity contribution is 7.89. The summed E-state index contributed by atoms with van der Waals surface area (Å²) in [5, 5.41) is 12.3. The molecule has 1 aromatic rings. The smallest absolute Gasteiger partial charge is 0.244 e. The van der Waals surface area contributed by atoms with E-state index in [-0.39, 0.29) is 0 Å². The fraction of sp³-hybridized carbons (Fsp3) is 0.533. The quantitative estimate of drug-likeness (QED) is 0.896. The molecule has 21 heavy (non-hydrogen) atoms. The van der Waals surface area contributed by atoms with E-state index < -0.39 is 16.1 Å². The number of rotatable bonds is 2. The van der Waals surface area contributed by atoms with Crippen molar-refractivity contribution in [3.8, 4) is 6.07 Å². The number of nitrogens with zero attached hydrogens (tertiary/aromatic N) is 2. The van der Waals surface area contributed by atoms with Gasteiger partial charge in [-0.15, -0.1) is 0 Å². The molecule has 6 heteroatoms. The molecule has 2 rings (SSSR count). The number of piperazine rings is 1. The van der Waals surface area contributed by atoms with Crippen molar-refractivity contribution < 1.29 is 8.42 Å². The predicted molar refractivity (Wildman–Crippen MR) is 81.6 cm³/mol. The molecule has 1 aromatic carbocycles. The third-order valence-electron chi connectivity index (χ3n) is 4.21. The molecule has 0 bridgehead atoms. The van der Waals surface area contributed by atoms with E-state index in [2.05, 4.69) is 11.4 Å². The lowest BCUT2D eigenvalue weighted by atomic mass is 10.0. The summed E-state index contributed by atoms with van der Waals surface area (Å²) in [6.07, 6.45) is 0. The lowest BCUT2D eigenvalue weighted by Gasteiger charge is -2.32. The van der Waals surface area contributed by atoms with E-state index in [9.17, 15) is 13.7 Å². The molecular weight excluding hydrogens is 286 g/mol. The van der Waals surface area contributed by atoms with Gasteiger partial charge in [0.25, 0.3) is 0 Å². The van der Waals surface area contributed by atoms with Crippen LogP contribution in [0.2, 0.25) is 0 Å². The van der Waals surface area contributed by atoms with E-state index in [1.54, 1.807) is 0 Å². The molecule has 1 aliphatic rings. The van der Waals surface area contributed by atoms with Crippen molar-refractivity contribution in [1.82, 2.24) is 9.62 Å². The van der Waals surface area contributed by atoms with Gasteiger partial charge in [0.1, 0.15) is 6.04 Å². The summed E-state index contributed by atoms with van der Waals surface area (Å²) in [6, 6.07) is 3.44. The van der Waals surface area contributed by atoms with Crippen LogP contribution in [-0.4, -0.2) is 38.4 Å². The molecule has 1 unspecified atom stereocenters. The molecule has 1 saturated heterocycles. The number of hydrogen-bond acceptors (Lipinski definition) is 4. The van der Waals surface area contributed by atoms with Crippen molar-refractivity contribution in [2.45, 2.75) is 38.6 Å².